The molecule has 0 bridgehead atoms. The van der Waals surface area contributed by atoms with Gasteiger partial charge in [-0.05, 0) is 67.4 Å². The van der Waals surface area contributed by atoms with Crippen LogP contribution < -0.4 is 4.74 Å². The van der Waals surface area contributed by atoms with Crippen molar-refractivity contribution in [3.05, 3.63) is 94.9 Å². The van der Waals surface area contributed by atoms with Crippen molar-refractivity contribution < 1.29 is 9.53 Å². The Morgan fingerprint density at radius 1 is 0.968 bits per heavy atom. The molecule has 1 aliphatic rings. The summed E-state index contributed by atoms with van der Waals surface area (Å²) in [6, 6.07) is 17.6. The van der Waals surface area contributed by atoms with E-state index >= 15 is 0 Å². The smallest absolute Gasteiger partial charge is 0.254 e. The van der Waals surface area contributed by atoms with Gasteiger partial charge in [0.05, 0.1) is 31.6 Å². The van der Waals surface area contributed by atoms with E-state index in [0.29, 0.717) is 24.4 Å². The van der Waals surface area contributed by atoms with Crippen LogP contribution in [0.3, 0.4) is 0 Å². The number of benzene rings is 2. The second kappa shape index (κ2) is 7.47. The average molecular weight is 412 g/mol. The third-order valence-electron chi connectivity index (χ3n) is 5.92. The van der Waals surface area contributed by atoms with Gasteiger partial charge in [-0.3, -0.25) is 4.79 Å². The molecule has 0 fully saturated rings. The third-order valence-corrected chi connectivity index (χ3v) is 5.92. The van der Waals surface area contributed by atoms with Gasteiger partial charge in [-0.2, -0.15) is 5.10 Å². The number of hydrogen-bond acceptors (Lipinski definition) is 3. The molecule has 0 spiro atoms. The molecular formula is C25H24N4O2. The minimum atomic E-state index is -0.0203. The first kappa shape index (κ1) is 19.2. The summed E-state index contributed by atoms with van der Waals surface area (Å²) in [5, 5.41) is 4.93. The molecule has 5 rings (SSSR count). The molecule has 4 aromatic rings. The molecule has 0 saturated carbocycles. The zero-order chi connectivity index (χ0) is 21.5. The quantitative estimate of drug-likeness (QED) is 0.498. The summed E-state index contributed by atoms with van der Waals surface area (Å²) in [5.74, 6) is 1.63. The van der Waals surface area contributed by atoms with E-state index in [-0.39, 0.29) is 5.91 Å². The van der Waals surface area contributed by atoms with E-state index in [2.05, 4.69) is 36.6 Å². The Morgan fingerprint density at radius 3 is 2.52 bits per heavy atom. The van der Waals surface area contributed by atoms with Crippen LogP contribution in [-0.2, 0) is 13.1 Å². The number of amides is 1. The largest absolute Gasteiger partial charge is 0.497 e. The summed E-state index contributed by atoms with van der Waals surface area (Å²) in [7, 11) is 1.61. The van der Waals surface area contributed by atoms with Gasteiger partial charge in [0.2, 0.25) is 0 Å². The predicted molar refractivity (Wildman–Crippen MR) is 119 cm³/mol. The number of carbonyl (C=O) groups is 1. The van der Waals surface area contributed by atoms with E-state index in [9.17, 15) is 4.79 Å². The molecule has 31 heavy (non-hydrogen) atoms. The molecule has 6 nitrogen and oxygen atoms in total. The van der Waals surface area contributed by atoms with Crippen LogP contribution in [0.25, 0.3) is 11.5 Å². The van der Waals surface area contributed by atoms with Crippen molar-refractivity contribution in [2.45, 2.75) is 26.9 Å². The SMILES string of the molecule is COc1cccc(C(=O)N2Cc3nn(-c4ccc(C)c(C)c4)c(-n4cccc4)c3C2)c1. The van der Waals surface area contributed by atoms with Gasteiger partial charge >= 0.3 is 0 Å². The monoisotopic (exact) mass is 412 g/mol. The Bertz CT molecular complexity index is 1270. The van der Waals surface area contributed by atoms with E-state index in [1.54, 1.807) is 13.2 Å². The molecule has 0 aliphatic carbocycles. The molecule has 156 valence electrons. The van der Waals surface area contributed by atoms with Gasteiger partial charge in [0, 0.05) is 23.5 Å². The van der Waals surface area contributed by atoms with Crippen molar-refractivity contribution in [2.75, 3.05) is 7.11 Å². The van der Waals surface area contributed by atoms with Gasteiger partial charge in [0.1, 0.15) is 11.6 Å². The van der Waals surface area contributed by atoms with Gasteiger partial charge in [-0.15, -0.1) is 0 Å². The van der Waals surface area contributed by atoms with Crippen LogP contribution in [0.5, 0.6) is 5.75 Å². The number of rotatable bonds is 4. The van der Waals surface area contributed by atoms with Gasteiger partial charge < -0.3 is 14.2 Å². The number of aryl methyl sites for hydroxylation is 2. The van der Waals surface area contributed by atoms with E-state index < -0.39 is 0 Å². The Kier molecular flexibility index (Phi) is 4.62. The van der Waals surface area contributed by atoms with Crippen LogP contribution in [0.15, 0.2) is 67.0 Å². The van der Waals surface area contributed by atoms with Crippen molar-refractivity contribution >= 4 is 5.91 Å². The van der Waals surface area contributed by atoms with E-state index in [1.165, 1.54) is 11.1 Å². The lowest BCUT2D eigenvalue weighted by molar-refractivity contribution is 0.0749. The van der Waals surface area contributed by atoms with Crippen LogP contribution >= 0.6 is 0 Å². The molecule has 3 heterocycles. The first-order chi connectivity index (χ1) is 15.0. The summed E-state index contributed by atoms with van der Waals surface area (Å²) in [6.07, 6.45) is 4.03. The van der Waals surface area contributed by atoms with Crippen LogP contribution in [0.4, 0.5) is 0 Å². The number of nitrogens with zero attached hydrogens (tertiary/aromatic N) is 4. The molecule has 0 saturated heterocycles. The molecule has 6 heteroatoms. The third kappa shape index (κ3) is 3.30. The molecule has 0 N–H and O–H groups in total. The molecule has 1 aliphatic heterocycles. The topological polar surface area (TPSA) is 52.3 Å². The number of ether oxygens (including phenoxy) is 1. The number of carbonyl (C=O) groups excluding carboxylic acids is 1. The molecule has 0 unspecified atom stereocenters. The minimum absolute atomic E-state index is 0.0203. The molecule has 1 amide bonds. The first-order valence-electron chi connectivity index (χ1n) is 10.3. The van der Waals surface area contributed by atoms with Crippen LogP contribution in [0.1, 0.15) is 32.7 Å². The highest BCUT2D eigenvalue weighted by Crippen LogP contribution is 2.32. The maximum atomic E-state index is 13.1. The Balaban J connectivity index is 1.53. The second-order valence-electron chi connectivity index (χ2n) is 7.91. The highest BCUT2D eigenvalue weighted by atomic mass is 16.5. The Labute approximate surface area is 181 Å². The zero-order valence-corrected chi connectivity index (χ0v) is 17.9. The van der Waals surface area contributed by atoms with Crippen molar-refractivity contribution in [2.24, 2.45) is 0 Å². The van der Waals surface area contributed by atoms with E-state index in [4.69, 9.17) is 9.84 Å². The van der Waals surface area contributed by atoms with Crippen LogP contribution in [0, 0.1) is 13.8 Å². The fourth-order valence-electron chi connectivity index (χ4n) is 4.06. The van der Waals surface area contributed by atoms with Crippen molar-refractivity contribution in [3.63, 3.8) is 0 Å². The summed E-state index contributed by atoms with van der Waals surface area (Å²) in [5.41, 5.74) is 6.12. The average Bonchev–Trinajstić information content (AvgIpc) is 3.51. The molecule has 0 atom stereocenters. The van der Waals surface area contributed by atoms with Crippen molar-refractivity contribution in [1.82, 2.24) is 19.2 Å². The normalized spacial score (nSPS) is 12.8. The summed E-state index contributed by atoms with van der Waals surface area (Å²) in [6.45, 7) is 5.22. The lowest BCUT2D eigenvalue weighted by Gasteiger charge is -2.18. The fourth-order valence-corrected chi connectivity index (χ4v) is 4.06. The Morgan fingerprint density at radius 2 is 1.77 bits per heavy atom. The highest BCUT2D eigenvalue weighted by molar-refractivity contribution is 5.95. The van der Waals surface area contributed by atoms with Crippen molar-refractivity contribution in [3.8, 4) is 17.3 Å². The van der Waals surface area contributed by atoms with Crippen LogP contribution in [0.2, 0.25) is 0 Å². The number of methoxy groups -OCH3 is 1. The lowest BCUT2D eigenvalue weighted by Crippen LogP contribution is -2.26. The van der Waals surface area contributed by atoms with Gasteiger partial charge in [0.25, 0.3) is 5.91 Å². The number of fused-ring (bicyclic) bond motifs is 1. The molecule has 2 aromatic heterocycles. The lowest BCUT2D eigenvalue weighted by atomic mass is 10.1. The first-order valence-corrected chi connectivity index (χ1v) is 10.3. The zero-order valence-electron chi connectivity index (χ0n) is 17.9. The van der Waals surface area contributed by atoms with Gasteiger partial charge in [-0.25, -0.2) is 4.68 Å². The van der Waals surface area contributed by atoms with Crippen LogP contribution in [-0.4, -0.2) is 32.3 Å². The number of aromatic nitrogens is 3. The number of hydrogen-bond donors (Lipinski definition) is 0. The molecular weight excluding hydrogens is 388 g/mol. The fraction of sp³-hybridized carbons (Fsp3) is 0.200. The minimum Gasteiger partial charge on any atom is -0.497 e. The maximum absolute atomic E-state index is 13.1. The van der Waals surface area contributed by atoms with Gasteiger partial charge in [0.15, 0.2) is 0 Å². The van der Waals surface area contributed by atoms with Gasteiger partial charge in [-0.1, -0.05) is 12.1 Å². The standard InChI is InChI=1S/C25H24N4O2/c1-17-9-10-20(13-18(17)2)29-24(27-11-4-5-12-27)22-15-28(16-23(22)26-29)25(30)19-7-6-8-21(14-19)31-3/h4-14H,15-16H2,1-3H3. The summed E-state index contributed by atoms with van der Waals surface area (Å²) < 4.78 is 9.34. The maximum Gasteiger partial charge on any atom is 0.254 e. The van der Waals surface area contributed by atoms with Crippen molar-refractivity contribution in [1.29, 1.82) is 0 Å². The Hall–Kier alpha value is -3.80. The summed E-state index contributed by atoms with van der Waals surface area (Å²) in [4.78, 5) is 15.0. The van der Waals surface area contributed by atoms with E-state index in [1.807, 2.05) is 52.3 Å². The predicted octanol–water partition coefficient (Wildman–Crippen LogP) is 4.44. The molecule has 2 aromatic carbocycles. The van der Waals surface area contributed by atoms with E-state index in [0.717, 1.165) is 22.8 Å². The highest BCUT2D eigenvalue weighted by Gasteiger charge is 2.32. The second-order valence-corrected chi connectivity index (χ2v) is 7.91. The molecule has 0 radical (unpaired) electrons. The summed E-state index contributed by atoms with van der Waals surface area (Å²) >= 11 is 0.